The molecule has 2 aromatic carbocycles. The van der Waals surface area contributed by atoms with E-state index in [-0.39, 0.29) is 33.6 Å². The van der Waals surface area contributed by atoms with E-state index in [2.05, 4.69) is 26.3 Å². The number of amides is 1. The van der Waals surface area contributed by atoms with Crippen molar-refractivity contribution in [1.29, 1.82) is 0 Å². The SMILES string of the molecule is Cc1c(Br)c(C(=O)Nc2cc(Oc3ccc(Cl)cc3Cl)cc([N+](=O)[O-])c2)nn1C. The number of benzene rings is 2. The first-order valence-electron chi connectivity index (χ1n) is 8.08. The van der Waals surface area contributed by atoms with Crippen LogP contribution in [-0.2, 0) is 7.05 Å². The number of hydrogen-bond donors (Lipinski definition) is 1. The van der Waals surface area contributed by atoms with Crippen LogP contribution in [0.3, 0.4) is 0 Å². The number of nitro benzene ring substituents is 1. The van der Waals surface area contributed by atoms with Crippen LogP contribution in [0.15, 0.2) is 40.9 Å². The molecule has 0 bridgehead atoms. The van der Waals surface area contributed by atoms with E-state index in [4.69, 9.17) is 27.9 Å². The summed E-state index contributed by atoms with van der Waals surface area (Å²) >= 11 is 15.3. The first-order chi connectivity index (χ1) is 13.7. The highest BCUT2D eigenvalue weighted by Crippen LogP contribution is 2.35. The van der Waals surface area contributed by atoms with E-state index in [1.165, 1.54) is 30.3 Å². The number of rotatable bonds is 5. The normalized spacial score (nSPS) is 10.7. The van der Waals surface area contributed by atoms with Gasteiger partial charge in [-0.3, -0.25) is 19.6 Å². The Hall–Kier alpha value is -2.62. The number of nitro groups is 1. The molecule has 0 fully saturated rings. The third kappa shape index (κ3) is 4.69. The molecule has 0 atom stereocenters. The molecule has 0 unspecified atom stereocenters. The van der Waals surface area contributed by atoms with Gasteiger partial charge in [0.15, 0.2) is 5.69 Å². The predicted octanol–water partition coefficient (Wildman–Crippen LogP) is 5.75. The van der Waals surface area contributed by atoms with Crippen LogP contribution in [0.2, 0.25) is 10.0 Å². The second-order valence-corrected chi connectivity index (χ2v) is 7.61. The Labute approximate surface area is 183 Å². The van der Waals surface area contributed by atoms with Crippen LogP contribution in [0.5, 0.6) is 11.5 Å². The van der Waals surface area contributed by atoms with Gasteiger partial charge in [0.25, 0.3) is 11.6 Å². The lowest BCUT2D eigenvalue weighted by atomic mass is 10.2. The van der Waals surface area contributed by atoms with Gasteiger partial charge in [-0.1, -0.05) is 23.2 Å². The van der Waals surface area contributed by atoms with E-state index in [1.54, 1.807) is 24.7 Å². The van der Waals surface area contributed by atoms with Gasteiger partial charge in [0.1, 0.15) is 11.5 Å². The molecule has 0 radical (unpaired) electrons. The van der Waals surface area contributed by atoms with Gasteiger partial charge in [0.2, 0.25) is 0 Å². The van der Waals surface area contributed by atoms with E-state index in [1.807, 2.05) is 0 Å². The van der Waals surface area contributed by atoms with Gasteiger partial charge in [-0.15, -0.1) is 0 Å². The second kappa shape index (κ2) is 8.40. The molecule has 8 nitrogen and oxygen atoms in total. The van der Waals surface area contributed by atoms with Crippen molar-refractivity contribution in [3.63, 3.8) is 0 Å². The maximum Gasteiger partial charge on any atom is 0.277 e. The zero-order valence-corrected chi connectivity index (χ0v) is 18.2. The highest BCUT2D eigenvalue weighted by molar-refractivity contribution is 9.10. The number of carbonyl (C=O) groups is 1. The number of aryl methyl sites for hydroxylation is 1. The van der Waals surface area contributed by atoms with Gasteiger partial charge >= 0.3 is 0 Å². The summed E-state index contributed by atoms with van der Waals surface area (Å²) in [5.41, 5.74) is 0.814. The first-order valence-corrected chi connectivity index (χ1v) is 9.63. The Morgan fingerprint density at radius 3 is 2.59 bits per heavy atom. The lowest BCUT2D eigenvalue weighted by Gasteiger charge is -2.10. The summed E-state index contributed by atoms with van der Waals surface area (Å²) in [4.78, 5) is 23.3. The molecule has 0 saturated carbocycles. The van der Waals surface area contributed by atoms with Crippen LogP contribution in [0.25, 0.3) is 0 Å². The van der Waals surface area contributed by atoms with E-state index < -0.39 is 10.8 Å². The fourth-order valence-corrected chi connectivity index (χ4v) is 3.39. The van der Waals surface area contributed by atoms with E-state index in [0.29, 0.717) is 9.50 Å². The van der Waals surface area contributed by atoms with Gasteiger partial charge in [0, 0.05) is 24.2 Å². The van der Waals surface area contributed by atoms with Crippen LogP contribution in [0.4, 0.5) is 11.4 Å². The average Bonchev–Trinajstić information content (AvgIpc) is 2.91. The lowest BCUT2D eigenvalue weighted by Crippen LogP contribution is -2.13. The number of ether oxygens (including phenoxy) is 1. The molecule has 3 rings (SSSR count). The Kier molecular flexibility index (Phi) is 6.11. The highest BCUT2D eigenvalue weighted by atomic mass is 79.9. The molecule has 0 spiro atoms. The summed E-state index contributed by atoms with van der Waals surface area (Å²) < 4.78 is 7.73. The molecule has 150 valence electrons. The molecule has 0 aliphatic carbocycles. The summed E-state index contributed by atoms with van der Waals surface area (Å²) in [7, 11) is 1.70. The van der Waals surface area contributed by atoms with Crippen molar-refractivity contribution in [2.75, 3.05) is 5.32 Å². The van der Waals surface area contributed by atoms with Crippen molar-refractivity contribution in [3.8, 4) is 11.5 Å². The minimum atomic E-state index is -0.590. The number of carbonyl (C=O) groups excluding carboxylic acids is 1. The number of anilines is 1. The van der Waals surface area contributed by atoms with Gasteiger partial charge in [-0.05, 0) is 41.1 Å². The third-order valence-electron chi connectivity index (χ3n) is 3.96. The van der Waals surface area contributed by atoms with E-state index in [9.17, 15) is 14.9 Å². The van der Waals surface area contributed by atoms with Crippen molar-refractivity contribution in [2.24, 2.45) is 7.05 Å². The molecule has 0 aliphatic rings. The lowest BCUT2D eigenvalue weighted by molar-refractivity contribution is -0.384. The quantitative estimate of drug-likeness (QED) is 0.356. The second-order valence-electron chi connectivity index (χ2n) is 5.98. The Morgan fingerprint density at radius 1 is 1.28 bits per heavy atom. The maximum absolute atomic E-state index is 12.6. The third-order valence-corrected chi connectivity index (χ3v) is 5.44. The fraction of sp³-hybridized carbons (Fsp3) is 0.111. The fourth-order valence-electron chi connectivity index (χ4n) is 2.42. The summed E-state index contributed by atoms with van der Waals surface area (Å²) in [6, 6.07) is 8.48. The van der Waals surface area contributed by atoms with E-state index in [0.717, 1.165) is 5.69 Å². The molecule has 0 aliphatic heterocycles. The minimum Gasteiger partial charge on any atom is -0.455 e. The molecular formula is C18H13BrCl2N4O4. The molecule has 29 heavy (non-hydrogen) atoms. The number of halogens is 3. The summed E-state index contributed by atoms with van der Waals surface area (Å²) in [5.74, 6) is -0.150. The number of non-ortho nitro benzene ring substituents is 1. The minimum absolute atomic E-state index is 0.120. The summed E-state index contributed by atoms with van der Waals surface area (Å²) in [6.07, 6.45) is 0. The maximum atomic E-state index is 12.6. The van der Waals surface area contributed by atoms with Crippen molar-refractivity contribution in [2.45, 2.75) is 6.92 Å². The van der Waals surface area contributed by atoms with Crippen molar-refractivity contribution >= 4 is 56.4 Å². The average molecular weight is 500 g/mol. The molecule has 0 saturated heterocycles. The molecular weight excluding hydrogens is 487 g/mol. The van der Waals surface area contributed by atoms with Crippen LogP contribution in [0.1, 0.15) is 16.2 Å². The topological polar surface area (TPSA) is 99.3 Å². The van der Waals surface area contributed by atoms with Crippen LogP contribution < -0.4 is 10.1 Å². The Bertz CT molecular complexity index is 1130. The summed E-state index contributed by atoms with van der Waals surface area (Å²) in [5, 5.41) is 18.7. The Balaban J connectivity index is 1.93. The van der Waals surface area contributed by atoms with E-state index >= 15 is 0 Å². The number of nitrogens with zero attached hydrogens (tertiary/aromatic N) is 3. The van der Waals surface area contributed by atoms with Gasteiger partial charge < -0.3 is 10.1 Å². The van der Waals surface area contributed by atoms with Crippen LogP contribution in [0, 0.1) is 17.0 Å². The molecule has 11 heteroatoms. The first kappa shape index (κ1) is 21.1. The highest BCUT2D eigenvalue weighted by Gasteiger charge is 2.20. The number of aromatic nitrogens is 2. The van der Waals surface area contributed by atoms with Gasteiger partial charge in [0.05, 0.1) is 31.9 Å². The molecule has 1 amide bonds. The molecule has 1 heterocycles. The van der Waals surface area contributed by atoms with Crippen molar-refractivity contribution < 1.29 is 14.5 Å². The standard InChI is InChI=1S/C18H13BrCl2N4O4/c1-9-16(19)17(23-24(9)2)18(26)22-11-6-12(25(27)28)8-13(7-11)29-15-4-3-10(20)5-14(15)21/h3-8H,1-2H3,(H,22,26). The molecule has 3 aromatic rings. The van der Waals surface area contributed by atoms with Crippen molar-refractivity contribution in [3.05, 3.63) is 72.4 Å². The summed E-state index contributed by atoms with van der Waals surface area (Å²) in [6.45, 7) is 1.79. The van der Waals surface area contributed by atoms with Gasteiger partial charge in [-0.25, -0.2) is 0 Å². The van der Waals surface area contributed by atoms with Gasteiger partial charge in [-0.2, -0.15) is 5.10 Å². The predicted molar refractivity (Wildman–Crippen MR) is 113 cm³/mol. The smallest absolute Gasteiger partial charge is 0.277 e. The number of hydrogen-bond acceptors (Lipinski definition) is 5. The molecule has 1 N–H and O–H groups in total. The Morgan fingerprint density at radius 2 is 2.00 bits per heavy atom. The monoisotopic (exact) mass is 498 g/mol. The van der Waals surface area contributed by atoms with Crippen molar-refractivity contribution in [1.82, 2.24) is 9.78 Å². The largest absolute Gasteiger partial charge is 0.455 e. The zero-order chi connectivity index (χ0) is 21.3. The molecule has 1 aromatic heterocycles. The zero-order valence-electron chi connectivity index (χ0n) is 15.1. The van der Waals surface area contributed by atoms with Crippen LogP contribution >= 0.6 is 39.1 Å². The van der Waals surface area contributed by atoms with Crippen LogP contribution in [-0.4, -0.2) is 20.6 Å². The number of nitrogens with one attached hydrogen (secondary N) is 1.